The number of hydrogen-bond acceptors (Lipinski definition) is 1. The number of rotatable bonds is 3. The fraction of sp³-hybridized carbons (Fsp3) is 0.222. The van der Waals surface area contributed by atoms with Gasteiger partial charge in [-0.1, -0.05) is 39.7 Å². The Morgan fingerprint density at radius 3 is 2.83 bits per heavy atom. The van der Waals surface area contributed by atoms with Crippen LogP contribution >= 0.6 is 27.5 Å². The summed E-state index contributed by atoms with van der Waals surface area (Å²) in [6, 6.07) is 5.49. The molecule has 0 aliphatic heterocycles. The monoisotopic (exact) mass is 246 g/mol. The number of hydrogen-bond donors (Lipinski definition) is 0. The lowest BCUT2D eigenvalue weighted by Crippen LogP contribution is -1.94. The van der Waals surface area contributed by atoms with Crippen molar-refractivity contribution in [3.8, 4) is 0 Å². The molecule has 0 saturated heterocycles. The summed E-state index contributed by atoms with van der Waals surface area (Å²) in [5, 5.41) is 1.37. The van der Waals surface area contributed by atoms with Crippen LogP contribution in [-0.4, -0.2) is 11.6 Å². The van der Waals surface area contributed by atoms with Gasteiger partial charge in [-0.05, 0) is 18.1 Å². The maximum absolute atomic E-state index is 10.6. The van der Waals surface area contributed by atoms with Crippen molar-refractivity contribution < 1.29 is 4.79 Å². The Balaban J connectivity index is 3.09. The summed E-state index contributed by atoms with van der Waals surface area (Å²) < 4.78 is 0. The Kier molecular flexibility index (Phi) is 3.76. The van der Waals surface area contributed by atoms with Crippen molar-refractivity contribution in [3.63, 3.8) is 0 Å². The Bertz CT molecular complexity index is 286. The average molecular weight is 248 g/mol. The standard InChI is InChI=1S/C9H8BrClO/c10-5-4-7-2-1-3-9(11)8(7)6-12/h1-3,6H,4-5H2. The van der Waals surface area contributed by atoms with Crippen molar-refractivity contribution in [2.75, 3.05) is 5.33 Å². The predicted octanol–water partition coefficient (Wildman–Crippen LogP) is 3.09. The number of carbonyl (C=O) groups excluding carboxylic acids is 1. The summed E-state index contributed by atoms with van der Waals surface area (Å²) in [6.45, 7) is 0. The molecule has 1 nitrogen and oxygen atoms in total. The van der Waals surface area contributed by atoms with Crippen LogP contribution in [0.25, 0.3) is 0 Å². The van der Waals surface area contributed by atoms with Gasteiger partial charge in [0.15, 0.2) is 6.29 Å². The quantitative estimate of drug-likeness (QED) is 0.592. The van der Waals surface area contributed by atoms with E-state index in [4.69, 9.17) is 11.6 Å². The van der Waals surface area contributed by atoms with Crippen LogP contribution in [-0.2, 0) is 6.42 Å². The van der Waals surface area contributed by atoms with Gasteiger partial charge in [0.05, 0.1) is 5.02 Å². The van der Waals surface area contributed by atoms with E-state index >= 15 is 0 Å². The molecule has 0 aliphatic rings. The molecule has 64 valence electrons. The van der Waals surface area contributed by atoms with Crippen LogP contribution in [0.1, 0.15) is 15.9 Å². The summed E-state index contributed by atoms with van der Waals surface area (Å²) >= 11 is 9.13. The average Bonchev–Trinajstić information content (AvgIpc) is 2.05. The molecule has 0 N–H and O–H groups in total. The summed E-state index contributed by atoms with van der Waals surface area (Å²) in [5.41, 5.74) is 1.60. The van der Waals surface area contributed by atoms with Crippen LogP contribution in [0.3, 0.4) is 0 Å². The van der Waals surface area contributed by atoms with Gasteiger partial charge in [0.2, 0.25) is 0 Å². The number of benzene rings is 1. The Labute approximate surface area is 84.9 Å². The highest BCUT2D eigenvalue weighted by atomic mass is 79.9. The summed E-state index contributed by atoms with van der Waals surface area (Å²) in [7, 11) is 0. The maximum atomic E-state index is 10.6. The molecule has 1 rings (SSSR count). The fourth-order valence-electron chi connectivity index (χ4n) is 1.03. The normalized spacial score (nSPS) is 9.83. The lowest BCUT2D eigenvalue weighted by molar-refractivity contribution is 0.112. The molecule has 0 bridgehead atoms. The first-order valence-electron chi connectivity index (χ1n) is 3.58. The summed E-state index contributed by atoms with van der Waals surface area (Å²) in [6.07, 6.45) is 1.63. The van der Waals surface area contributed by atoms with Crippen LogP contribution in [0.5, 0.6) is 0 Å². The molecule has 12 heavy (non-hydrogen) atoms. The first kappa shape index (κ1) is 9.75. The highest BCUT2D eigenvalue weighted by molar-refractivity contribution is 9.09. The van der Waals surface area contributed by atoms with E-state index in [0.717, 1.165) is 23.6 Å². The van der Waals surface area contributed by atoms with Gasteiger partial charge in [0.1, 0.15) is 0 Å². The zero-order valence-electron chi connectivity index (χ0n) is 6.39. The topological polar surface area (TPSA) is 17.1 Å². The third kappa shape index (κ3) is 2.08. The molecule has 0 aliphatic carbocycles. The van der Waals surface area contributed by atoms with E-state index in [1.54, 1.807) is 6.07 Å². The molecule has 0 amide bonds. The molecular formula is C9H8BrClO. The van der Waals surface area contributed by atoms with E-state index in [1.165, 1.54) is 0 Å². The van der Waals surface area contributed by atoms with Gasteiger partial charge in [-0.3, -0.25) is 4.79 Å². The molecule has 1 aromatic carbocycles. The molecule has 0 saturated carbocycles. The van der Waals surface area contributed by atoms with E-state index in [1.807, 2.05) is 12.1 Å². The fourth-order valence-corrected chi connectivity index (χ4v) is 1.70. The second-order valence-corrected chi connectivity index (χ2v) is 3.57. The van der Waals surface area contributed by atoms with Crippen molar-refractivity contribution in [2.24, 2.45) is 0 Å². The van der Waals surface area contributed by atoms with Crippen LogP contribution in [0.2, 0.25) is 5.02 Å². The summed E-state index contributed by atoms with van der Waals surface area (Å²) in [5.74, 6) is 0. The van der Waals surface area contributed by atoms with E-state index < -0.39 is 0 Å². The number of alkyl halides is 1. The highest BCUT2D eigenvalue weighted by Crippen LogP contribution is 2.18. The Morgan fingerprint density at radius 2 is 2.25 bits per heavy atom. The first-order chi connectivity index (χ1) is 5.79. The Hall–Kier alpha value is -0.340. The van der Waals surface area contributed by atoms with E-state index in [-0.39, 0.29) is 0 Å². The Morgan fingerprint density at radius 1 is 1.50 bits per heavy atom. The van der Waals surface area contributed by atoms with Crippen LogP contribution in [0.15, 0.2) is 18.2 Å². The number of halogens is 2. The maximum Gasteiger partial charge on any atom is 0.151 e. The van der Waals surface area contributed by atoms with Crippen molar-refractivity contribution >= 4 is 33.8 Å². The molecule has 0 spiro atoms. The van der Waals surface area contributed by atoms with Crippen LogP contribution in [0, 0.1) is 0 Å². The second kappa shape index (κ2) is 4.63. The van der Waals surface area contributed by atoms with Crippen molar-refractivity contribution in [1.82, 2.24) is 0 Å². The van der Waals surface area contributed by atoms with E-state index in [0.29, 0.717) is 10.6 Å². The number of carbonyl (C=O) groups is 1. The molecule has 0 radical (unpaired) electrons. The molecule has 0 fully saturated rings. The SMILES string of the molecule is O=Cc1c(Cl)cccc1CCBr. The smallest absolute Gasteiger partial charge is 0.151 e. The zero-order valence-corrected chi connectivity index (χ0v) is 8.73. The van der Waals surface area contributed by atoms with Gasteiger partial charge in [-0.2, -0.15) is 0 Å². The molecule has 0 heterocycles. The molecule has 1 aromatic rings. The van der Waals surface area contributed by atoms with Crippen LogP contribution < -0.4 is 0 Å². The van der Waals surface area contributed by atoms with E-state index in [9.17, 15) is 4.79 Å². The molecular weight excluding hydrogens is 239 g/mol. The van der Waals surface area contributed by atoms with Gasteiger partial charge in [0, 0.05) is 10.9 Å². The van der Waals surface area contributed by atoms with Gasteiger partial charge >= 0.3 is 0 Å². The van der Waals surface area contributed by atoms with Gasteiger partial charge in [-0.15, -0.1) is 0 Å². The number of aryl methyl sites for hydroxylation is 1. The van der Waals surface area contributed by atoms with E-state index in [2.05, 4.69) is 15.9 Å². The molecule has 3 heteroatoms. The third-order valence-corrected chi connectivity index (χ3v) is 2.35. The highest BCUT2D eigenvalue weighted by Gasteiger charge is 2.04. The molecule has 0 atom stereocenters. The second-order valence-electron chi connectivity index (χ2n) is 2.37. The van der Waals surface area contributed by atoms with Crippen molar-refractivity contribution in [3.05, 3.63) is 34.3 Å². The zero-order chi connectivity index (χ0) is 8.97. The predicted molar refractivity (Wildman–Crippen MR) is 54.3 cm³/mol. The third-order valence-electron chi connectivity index (χ3n) is 1.62. The van der Waals surface area contributed by atoms with Crippen molar-refractivity contribution in [1.29, 1.82) is 0 Å². The van der Waals surface area contributed by atoms with Gasteiger partial charge in [-0.25, -0.2) is 0 Å². The van der Waals surface area contributed by atoms with Gasteiger partial charge in [0.25, 0.3) is 0 Å². The number of aldehydes is 1. The van der Waals surface area contributed by atoms with Crippen LogP contribution in [0.4, 0.5) is 0 Å². The van der Waals surface area contributed by atoms with Crippen molar-refractivity contribution in [2.45, 2.75) is 6.42 Å². The minimum atomic E-state index is 0.531. The van der Waals surface area contributed by atoms with Gasteiger partial charge < -0.3 is 0 Å². The molecule has 0 unspecified atom stereocenters. The largest absolute Gasteiger partial charge is 0.298 e. The first-order valence-corrected chi connectivity index (χ1v) is 5.08. The summed E-state index contributed by atoms with van der Waals surface area (Å²) in [4.78, 5) is 10.6. The minimum absolute atomic E-state index is 0.531. The minimum Gasteiger partial charge on any atom is -0.298 e. The molecule has 0 aromatic heterocycles. The lowest BCUT2D eigenvalue weighted by Gasteiger charge is -2.03. The lowest BCUT2D eigenvalue weighted by atomic mass is 10.1.